The fourth-order valence-corrected chi connectivity index (χ4v) is 5.92. The number of fused-ring (bicyclic) bond motifs is 1. The van der Waals surface area contributed by atoms with Gasteiger partial charge in [0.25, 0.3) is 0 Å². The first-order valence-corrected chi connectivity index (χ1v) is 8.95. The lowest BCUT2D eigenvalue weighted by Crippen LogP contribution is -2.60. The highest BCUT2D eigenvalue weighted by Gasteiger charge is 2.68. The van der Waals surface area contributed by atoms with Gasteiger partial charge in [0.2, 0.25) is 5.91 Å². The van der Waals surface area contributed by atoms with Crippen molar-refractivity contribution in [2.24, 2.45) is 28.1 Å². The Labute approximate surface area is 135 Å². The van der Waals surface area contributed by atoms with Crippen LogP contribution in [0.4, 0.5) is 0 Å². The van der Waals surface area contributed by atoms with Crippen LogP contribution >= 0.6 is 0 Å². The molecule has 126 valence electrons. The van der Waals surface area contributed by atoms with Gasteiger partial charge in [-0.1, -0.05) is 34.6 Å². The van der Waals surface area contributed by atoms with Crippen LogP contribution in [0.15, 0.2) is 0 Å². The van der Waals surface area contributed by atoms with Crippen molar-refractivity contribution in [3.05, 3.63) is 0 Å². The normalized spacial score (nSPS) is 43.0. The Morgan fingerprint density at radius 2 is 2.00 bits per heavy atom. The van der Waals surface area contributed by atoms with Crippen molar-refractivity contribution < 1.29 is 9.53 Å². The van der Waals surface area contributed by atoms with Gasteiger partial charge in [-0.15, -0.1) is 0 Å². The van der Waals surface area contributed by atoms with E-state index in [0.717, 1.165) is 25.4 Å². The number of carbonyl (C=O) groups is 1. The lowest BCUT2D eigenvalue weighted by atomic mass is 9.58. The fraction of sp³-hybridized carbons (Fsp3) is 0.947. The minimum absolute atomic E-state index is 0.123. The van der Waals surface area contributed by atoms with Crippen LogP contribution in [0.1, 0.15) is 67.2 Å². The molecule has 0 aromatic carbocycles. The van der Waals surface area contributed by atoms with E-state index in [0.29, 0.717) is 23.5 Å². The summed E-state index contributed by atoms with van der Waals surface area (Å²) in [4.78, 5) is 11.8. The van der Waals surface area contributed by atoms with E-state index in [-0.39, 0.29) is 16.7 Å². The van der Waals surface area contributed by atoms with E-state index >= 15 is 0 Å². The summed E-state index contributed by atoms with van der Waals surface area (Å²) >= 11 is 0. The molecule has 0 aromatic rings. The van der Waals surface area contributed by atoms with Crippen LogP contribution in [-0.4, -0.2) is 24.7 Å². The van der Waals surface area contributed by atoms with Gasteiger partial charge in [0.05, 0.1) is 6.10 Å². The van der Waals surface area contributed by atoms with Crippen LogP contribution < -0.4 is 5.32 Å². The van der Waals surface area contributed by atoms with Crippen LogP contribution in [0.25, 0.3) is 0 Å². The smallest absolute Gasteiger partial charge is 0.217 e. The third-order valence-corrected chi connectivity index (χ3v) is 6.78. The lowest BCUT2D eigenvalue weighted by Gasteiger charge is -2.54. The van der Waals surface area contributed by atoms with E-state index in [1.54, 1.807) is 6.92 Å². The molecule has 22 heavy (non-hydrogen) atoms. The van der Waals surface area contributed by atoms with Crippen molar-refractivity contribution in [1.29, 1.82) is 0 Å². The van der Waals surface area contributed by atoms with Gasteiger partial charge in [-0.3, -0.25) is 4.79 Å². The monoisotopic (exact) mass is 307 g/mol. The van der Waals surface area contributed by atoms with Crippen LogP contribution in [0.5, 0.6) is 0 Å². The zero-order valence-electron chi connectivity index (χ0n) is 15.2. The molecular formula is C19H33NO2. The average Bonchev–Trinajstić information content (AvgIpc) is 2.82. The largest absolute Gasteiger partial charge is 0.378 e. The summed E-state index contributed by atoms with van der Waals surface area (Å²) in [5.41, 5.74) is 0.782. The molecule has 1 saturated heterocycles. The van der Waals surface area contributed by atoms with Gasteiger partial charge in [0.1, 0.15) is 0 Å². The first-order valence-electron chi connectivity index (χ1n) is 8.95. The van der Waals surface area contributed by atoms with E-state index in [2.05, 4.69) is 39.9 Å². The van der Waals surface area contributed by atoms with Crippen molar-refractivity contribution in [3.63, 3.8) is 0 Å². The minimum Gasteiger partial charge on any atom is -0.378 e. The Morgan fingerprint density at radius 1 is 1.32 bits per heavy atom. The molecule has 1 amide bonds. The quantitative estimate of drug-likeness (QED) is 0.843. The summed E-state index contributed by atoms with van der Waals surface area (Å²) in [6.07, 6.45) is 5.16. The molecule has 5 atom stereocenters. The maximum atomic E-state index is 11.8. The maximum Gasteiger partial charge on any atom is 0.217 e. The summed E-state index contributed by atoms with van der Waals surface area (Å²) in [6, 6.07) is 0.313. The van der Waals surface area contributed by atoms with Gasteiger partial charge in [0, 0.05) is 19.6 Å². The average molecular weight is 307 g/mol. The minimum atomic E-state index is 0.123. The standard InChI is InChI=1S/C19H33NO2/c1-12(21)20-16-18(5,6)13-9-14-15(11-17(2,3)4)22-8-7-19(14,16)10-13/h13-16H,7-11H2,1-6H3,(H,20,21)/t13-,14-,15-,16-,19-/m1/s1. The van der Waals surface area contributed by atoms with E-state index in [4.69, 9.17) is 4.74 Å². The van der Waals surface area contributed by atoms with Gasteiger partial charge >= 0.3 is 0 Å². The summed E-state index contributed by atoms with van der Waals surface area (Å²) in [7, 11) is 0. The van der Waals surface area contributed by atoms with Crippen molar-refractivity contribution in [2.45, 2.75) is 79.4 Å². The topological polar surface area (TPSA) is 38.3 Å². The highest BCUT2D eigenvalue weighted by molar-refractivity contribution is 5.73. The van der Waals surface area contributed by atoms with Crippen LogP contribution in [0.3, 0.4) is 0 Å². The molecule has 3 nitrogen and oxygen atoms in total. The molecule has 2 aliphatic carbocycles. The summed E-state index contributed by atoms with van der Waals surface area (Å²) < 4.78 is 6.22. The number of hydrogen-bond acceptors (Lipinski definition) is 2. The molecular weight excluding hydrogens is 274 g/mol. The zero-order chi connectivity index (χ0) is 16.3. The molecule has 1 heterocycles. The molecule has 2 bridgehead atoms. The van der Waals surface area contributed by atoms with Gasteiger partial charge < -0.3 is 10.1 Å². The predicted octanol–water partition coefficient (Wildman–Crippen LogP) is 3.77. The molecule has 0 aromatic heterocycles. The Hall–Kier alpha value is -0.570. The number of amides is 1. The lowest BCUT2D eigenvalue weighted by molar-refractivity contribution is -0.140. The van der Waals surface area contributed by atoms with Crippen molar-refractivity contribution >= 4 is 5.91 Å². The first kappa shape index (κ1) is 16.3. The summed E-state index contributed by atoms with van der Waals surface area (Å²) in [6.45, 7) is 14.2. The van der Waals surface area contributed by atoms with E-state index in [1.807, 2.05) is 0 Å². The van der Waals surface area contributed by atoms with Crippen LogP contribution in [-0.2, 0) is 9.53 Å². The van der Waals surface area contributed by atoms with Crippen LogP contribution in [0, 0.1) is 28.1 Å². The molecule has 3 aliphatic rings. The zero-order valence-corrected chi connectivity index (χ0v) is 15.2. The molecule has 3 rings (SSSR count). The highest BCUT2D eigenvalue weighted by atomic mass is 16.5. The number of hydrogen-bond donors (Lipinski definition) is 1. The fourth-order valence-electron chi connectivity index (χ4n) is 5.92. The Morgan fingerprint density at radius 3 is 2.59 bits per heavy atom. The van der Waals surface area contributed by atoms with Crippen molar-refractivity contribution in [2.75, 3.05) is 6.61 Å². The summed E-state index contributed by atoms with van der Waals surface area (Å²) in [5, 5.41) is 3.34. The molecule has 1 aliphatic heterocycles. The molecule has 1 spiro atoms. The molecule has 0 radical (unpaired) electrons. The van der Waals surface area contributed by atoms with Crippen molar-refractivity contribution in [3.8, 4) is 0 Å². The number of ether oxygens (including phenoxy) is 1. The van der Waals surface area contributed by atoms with Gasteiger partial charge in [-0.25, -0.2) is 0 Å². The van der Waals surface area contributed by atoms with E-state index in [9.17, 15) is 4.79 Å². The van der Waals surface area contributed by atoms with Crippen molar-refractivity contribution in [1.82, 2.24) is 5.32 Å². The highest BCUT2D eigenvalue weighted by Crippen LogP contribution is 2.69. The van der Waals surface area contributed by atoms with Gasteiger partial charge in [-0.2, -0.15) is 0 Å². The third-order valence-electron chi connectivity index (χ3n) is 6.78. The van der Waals surface area contributed by atoms with Crippen LogP contribution in [0.2, 0.25) is 0 Å². The molecule has 3 heteroatoms. The Balaban J connectivity index is 1.90. The van der Waals surface area contributed by atoms with E-state index in [1.165, 1.54) is 12.8 Å². The molecule has 0 unspecified atom stereocenters. The molecule has 3 fully saturated rings. The number of nitrogens with one attached hydrogen (secondary N) is 1. The van der Waals surface area contributed by atoms with Gasteiger partial charge in [-0.05, 0) is 53.8 Å². The first-order chi connectivity index (χ1) is 10.1. The van der Waals surface area contributed by atoms with Gasteiger partial charge in [0.15, 0.2) is 0 Å². The predicted molar refractivity (Wildman–Crippen MR) is 88.5 cm³/mol. The summed E-state index contributed by atoms with van der Waals surface area (Å²) in [5.74, 6) is 1.46. The second kappa shape index (κ2) is 4.96. The van der Waals surface area contributed by atoms with E-state index < -0.39 is 0 Å². The Kier molecular flexibility index (Phi) is 3.67. The number of rotatable bonds is 2. The second-order valence-electron chi connectivity index (χ2n) is 9.86. The molecule has 1 N–H and O–H groups in total. The Bertz CT molecular complexity index is 465. The third kappa shape index (κ3) is 2.40. The maximum absolute atomic E-state index is 11.8. The molecule has 2 saturated carbocycles. The number of carbonyl (C=O) groups excluding carboxylic acids is 1. The second-order valence-corrected chi connectivity index (χ2v) is 9.86. The SMILES string of the molecule is CC(=O)N[C@@H]1C(C)(C)[C@@H]2C[C@@H]3[C@@H](CC(C)(C)C)OCC[C@@]31C2.